The number of phenolic OH excluding ortho intramolecular Hbond substituents is 1. The lowest BCUT2D eigenvalue weighted by molar-refractivity contribution is 0.0597. The number of carbonyl (C=O) groups is 1. The quantitative estimate of drug-likeness (QED) is 0.830. The number of nitrogens with two attached hydrogens (primary N) is 1. The van der Waals surface area contributed by atoms with Crippen LogP contribution in [-0.2, 0) is 10.3 Å². The Labute approximate surface area is 118 Å². The minimum atomic E-state index is -0.578. The first-order valence-electron chi connectivity index (χ1n) is 6.80. The van der Waals surface area contributed by atoms with E-state index in [9.17, 15) is 9.90 Å². The summed E-state index contributed by atoms with van der Waals surface area (Å²) in [5, 5.41) is 9.91. The van der Waals surface area contributed by atoms with Crippen molar-refractivity contribution in [3.05, 3.63) is 23.3 Å². The summed E-state index contributed by atoms with van der Waals surface area (Å²) in [5.41, 5.74) is 6.88. The minimum absolute atomic E-state index is 0.124. The maximum absolute atomic E-state index is 11.7. The Morgan fingerprint density at radius 2 is 1.90 bits per heavy atom. The van der Waals surface area contributed by atoms with Gasteiger partial charge in [0.25, 0.3) is 0 Å². The van der Waals surface area contributed by atoms with Crippen LogP contribution in [0, 0.1) is 0 Å². The van der Waals surface area contributed by atoms with E-state index in [1.54, 1.807) is 6.07 Å². The maximum Gasteiger partial charge on any atom is 0.341 e. The van der Waals surface area contributed by atoms with Crippen LogP contribution in [0.5, 0.6) is 11.5 Å². The van der Waals surface area contributed by atoms with Gasteiger partial charge in [0.15, 0.2) is 0 Å². The van der Waals surface area contributed by atoms with E-state index in [0.29, 0.717) is 5.75 Å². The summed E-state index contributed by atoms with van der Waals surface area (Å²) in [6, 6.07) is 3.04. The zero-order chi connectivity index (χ0) is 14.8. The summed E-state index contributed by atoms with van der Waals surface area (Å²) in [6.07, 6.45) is 4.95. The molecule has 5 heteroatoms. The number of carbonyl (C=O) groups excluding carboxylic acids is 1. The molecule has 1 aromatic rings. The van der Waals surface area contributed by atoms with Gasteiger partial charge < -0.3 is 20.3 Å². The Hall–Kier alpha value is -1.75. The molecular formula is C15H21NO4. The van der Waals surface area contributed by atoms with Crippen LogP contribution in [0.1, 0.15) is 48.0 Å². The minimum Gasteiger partial charge on any atom is -0.507 e. The summed E-state index contributed by atoms with van der Waals surface area (Å²) in [4.78, 5) is 11.7. The molecule has 5 nitrogen and oxygen atoms in total. The van der Waals surface area contributed by atoms with Crippen molar-refractivity contribution in [3.8, 4) is 11.5 Å². The van der Waals surface area contributed by atoms with Gasteiger partial charge in [-0.1, -0.05) is 19.3 Å². The number of aromatic hydroxyl groups is 1. The van der Waals surface area contributed by atoms with Gasteiger partial charge >= 0.3 is 5.97 Å². The van der Waals surface area contributed by atoms with Gasteiger partial charge in [-0.25, -0.2) is 4.79 Å². The molecule has 1 aliphatic carbocycles. The van der Waals surface area contributed by atoms with Crippen molar-refractivity contribution in [2.24, 2.45) is 5.73 Å². The lowest BCUT2D eigenvalue weighted by Crippen LogP contribution is -2.39. The first-order valence-corrected chi connectivity index (χ1v) is 6.80. The normalized spacial score (nSPS) is 17.6. The highest BCUT2D eigenvalue weighted by atomic mass is 16.5. The molecule has 0 amide bonds. The molecule has 0 saturated heterocycles. The molecule has 0 unspecified atom stereocenters. The van der Waals surface area contributed by atoms with Crippen LogP contribution in [-0.4, -0.2) is 25.3 Å². The number of phenols is 1. The van der Waals surface area contributed by atoms with E-state index in [1.807, 2.05) is 0 Å². The lowest BCUT2D eigenvalue weighted by atomic mass is 9.76. The molecule has 0 bridgehead atoms. The molecule has 20 heavy (non-hydrogen) atoms. The Morgan fingerprint density at radius 3 is 2.45 bits per heavy atom. The number of esters is 1. The third kappa shape index (κ3) is 2.58. The molecule has 0 atom stereocenters. The Balaban J connectivity index is 2.52. The highest BCUT2D eigenvalue weighted by Gasteiger charge is 2.33. The SMILES string of the molecule is COC(=O)c1cc(C2(N)CCCCC2)c(OC)cc1O. The zero-order valence-electron chi connectivity index (χ0n) is 11.9. The monoisotopic (exact) mass is 279 g/mol. The van der Waals surface area contributed by atoms with Crippen molar-refractivity contribution in [1.29, 1.82) is 0 Å². The molecule has 0 radical (unpaired) electrons. The fourth-order valence-corrected chi connectivity index (χ4v) is 2.85. The number of methoxy groups -OCH3 is 2. The van der Waals surface area contributed by atoms with Crippen molar-refractivity contribution < 1.29 is 19.4 Å². The van der Waals surface area contributed by atoms with Crippen molar-refractivity contribution in [1.82, 2.24) is 0 Å². The number of hydrogen-bond donors (Lipinski definition) is 2. The van der Waals surface area contributed by atoms with Gasteiger partial charge in [-0.15, -0.1) is 0 Å². The molecule has 1 saturated carbocycles. The maximum atomic E-state index is 11.7. The lowest BCUT2D eigenvalue weighted by Gasteiger charge is -2.35. The molecule has 0 aliphatic heterocycles. The van der Waals surface area contributed by atoms with Crippen molar-refractivity contribution >= 4 is 5.97 Å². The number of benzene rings is 1. The Morgan fingerprint density at radius 1 is 1.25 bits per heavy atom. The molecular weight excluding hydrogens is 258 g/mol. The van der Waals surface area contributed by atoms with Crippen LogP contribution < -0.4 is 10.5 Å². The van der Waals surface area contributed by atoms with Gasteiger partial charge in [-0.05, 0) is 18.9 Å². The van der Waals surface area contributed by atoms with E-state index in [1.165, 1.54) is 26.7 Å². The summed E-state index contributed by atoms with van der Waals surface area (Å²) in [6.45, 7) is 0. The molecule has 2 rings (SSSR count). The van der Waals surface area contributed by atoms with Crippen molar-refractivity contribution in [3.63, 3.8) is 0 Å². The third-order valence-corrected chi connectivity index (χ3v) is 4.01. The van der Waals surface area contributed by atoms with Gasteiger partial charge in [-0.3, -0.25) is 0 Å². The molecule has 0 heterocycles. The predicted octanol–water partition coefficient (Wildman–Crippen LogP) is 2.31. The summed E-state index contributed by atoms with van der Waals surface area (Å²) in [7, 11) is 2.81. The van der Waals surface area contributed by atoms with Crippen LogP contribution >= 0.6 is 0 Å². The second-order valence-corrected chi connectivity index (χ2v) is 5.28. The third-order valence-electron chi connectivity index (χ3n) is 4.01. The Kier molecular flexibility index (Phi) is 4.18. The summed E-state index contributed by atoms with van der Waals surface area (Å²) >= 11 is 0. The van der Waals surface area contributed by atoms with Gasteiger partial charge in [0.1, 0.15) is 17.1 Å². The standard InChI is InChI=1S/C15H21NO4/c1-19-13-9-12(17)10(14(18)20-2)8-11(13)15(16)6-4-3-5-7-15/h8-9,17H,3-7,16H2,1-2H3. The fourth-order valence-electron chi connectivity index (χ4n) is 2.85. The Bertz CT molecular complexity index is 507. The summed E-state index contributed by atoms with van der Waals surface area (Å²) < 4.78 is 10.0. The molecule has 0 aromatic heterocycles. The highest BCUT2D eigenvalue weighted by molar-refractivity contribution is 5.93. The fraction of sp³-hybridized carbons (Fsp3) is 0.533. The number of hydrogen-bond acceptors (Lipinski definition) is 5. The molecule has 1 aliphatic rings. The van der Waals surface area contributed by atoms with Crippen molar-refractivity contribution in [2.75, 3.05) is 14.2 Å². The zero-order valence-corrected chi connectivity index (χ0v) is 11.9. The first-order chi connectivity index (χ1) is 9.51. The first kappa shape index (κ1) is 14.7. The van der Waals surface area contributed by atoms with E-state index >= 15 is 0 Å². The molecule has 110 valence electrons. The van der Waals surface area contributed by atoms with E-state index in [4.69, 9.17) is 10.5 Å². The van der Waals surface area contributed by atoms with Crippen LogP contribution in [0.4, 0.5) is 0 Å². The highest BCUT2D eigenvalue weighted by Crippen LogP contribution is 2.41. The van der Waals surface area contributed by atoms with Crippen LogP contribution in [0.3, 0.4) is 0 Å². The average Bonchev–Trinajstić information content (AvgIpc) is 2.46. The van der Waals surface area contributed by atoms with E-state index in [-0.39, 0.29) is 11.3 Å². The molecule has 1 aromatic carbocycles. The van der Waals surface area contributed by atoms with E-state index < -0.39 is 11.5 Å². The van der Waals surface area contributed by atoms with Gasteiger partial charge in [0.05, 0.1) is 14.2 Å². The average molecular weight is 279 g/mol. The molecule has 1 fully saturated rings. The topological polar surface area (TPSA) is 81.8 Å². The van der Waals surface area contributed by atoms with E-state index in [2.05, 4.69) is 4.74 Å². The second-order valence-electron chi connectivity index (χ2n) is 5.28. The second kappa shape index (κ2) is 5.71. The number of rotatable bonds is 3. The van der Waals surface area contributed by atoms with Crippen LogP contribution in [0.25, 0.3) is 0 Å². The van der Waals surface area contributed by atoms with Crippen LogP contribution in [0.15, 0.2) is 12.1 Å². The van der Waals surface area contributed by atoms with E-state index in [0.717, 1.165) is 31.2 Å². The van der Waals surface area contributed by atoms with Gasteiger partial charge in [0, 0.05) is 17.2 Å². The predicted molar refractivity (Wildman–Crippen MR) is 74.9 cm³/mol. The smallest absolute Gasteiger partial charge is 0.341 e. The largest absolute Gasteiger partial charge is 0.507 e. The van der Waals surface area contributed by atoms with Gasteiger partial charge in [0.2, 0.25) is 0 Å². The summed E-state index contributed by atoms with van der Waals surface area (Å²) in [5.74, 6) is -0.220. The van der Waals surface area contributed by atoms with Crippen LogP contribution in [0.2, 0.25) is 0 Å². The molecule has 0 spiro atoms. The van der Waals surface area contributed by atoms with Crippen molar-refractivity contribution in [2.45, 2.75) is 37.6 Å². The number of ether oxygens (including phenoxy) is 2. The van der Waals surface area contributed by atoms with Gasteiger partial charge in [-0.2, -0.15) is 0 Å². The molecule has 3 N–H and O–H groups in total.